The Labute approximate surface area is 199 Å². The average Bonchev–Trinajstić information content (AvgIpc) is 2.84. The summed E-state index contributed by atoms with van der Waals surface area (Å²) in [6.45, 7) is 3.97. The Balaban J connectivity index is 1.22. The Morgan fingerprint density at radius 3 is 2.39 bits per heavy atom. The van der Waals surface area contributed by atoms with Gasteiger partial charge in [-0.2, -0.15) is 0 Å². The zero-order valence-electron chi connectivity index (χ0n) is 19.1. The summed E-state index contributed by atoms with van der Waals surface area (Å²) in [6, 6.07) is 19.2. The van der Waals surface area contributed by atoms with Crippen molar-refractivity contribution in [2.24, 2.45) is 5.92 Å². The molecule has 1 aliphatic rings. The third-order valence-corrected chi connectivity index (χ3v) is 7.30. The second kappa shape index (κ2) is 10.9. The molecule has 6 heteroatoms. The zero-order chi connectivity index (χ0) is 23.2. The number of benzene rings is 2. The van der Waals surface area contributed by atoms with Crippen LogP contribution in [0.1, 0.15) is 49.9 Å². The van der Waals surface area contributed by atoms with Crippen LogP contribution >= 0.6 is 11.9 Å². The van der Waals surface area contributed by atoms with Crippen LogP contribution in [-0.2, 0) is 4.79 Å². The van der Waals surface area contributed by atoms with Gasteiger partial charge in [-0.05, 0) is 92.9 Å². The van der Waals surface area contributed by atoms with Gasteiger partial charge < -0.3 is 5.32 Å². The van der Waals surface area contributed by atoms with Crippen molar-refractivity contribution in [1.29, 1.82) is 0 Å². The van der Waals surface area contributed by atoms with Crippen molar-refractivity contribution in [1.82, 2.24) is 15.0 Å². The van der Waals surface area contributed by atoms with E-state index in [9.17, 15) is 9.18 Å². The molecular formula is C27H30FN3OS. The maximum atomic E-state index is 13.1. The van der Waals surface area contributed by atoms with Gasteiger partial charge in [-0.3, -0.25) is 14.5 Å². The molecule has 4 rings (SSSR count). The molecule has 33 heavy (non-hydrogen) atoms. The predicted molar refractivity (Wildman–Crippen MR) is 132 cm³/mol. The Morgan fingerprint density at radius 1 is 1.03 bits per heavy atom. The minimum absolute atomic E-state index is 0.0398. The van der Waals surface area contributed by atoms with Crippen LogP contribution in [0.2, 0.25) is 0 Å². The van der Waals surface area contributed by atoms with Crippen LogP contribution in [-0.4, -0.2) is 16.9 Å². The predicted octanol–water partition coefficient (Wildman–Crippen LogP) is 6.23. The number of aryl methyl sites for hydroxylation is 1. The monoisotopic (exact) mass is 463 g/mol. The molecule has 1 heterocycles. The molecule has 3 aromatic rings. The summed E-state index contributed by atoms with van der Waals surface area (Å²) in [5, 5.41) is 3.09. The SMILES string of the molecule is Cc1ncccc1-c1ccc(SN[C@H]2CC[C@H](C(=O)N[C@H](C)c3ccc(F)cc3)CC2)cc1. The number of amides is 1. The largest absolute Gasteiger partial charge is 0.349 e. The molecule has 1 saturated carbocycles. The summed E-state index contributed by atoms with van der Waals surface area (Å²) in [5.41, 5.74) is 4.28. The molecule has 1 fully saturated rings. The van der Waals surface area contributed by atoms with Crippen molar-refractivity contribution in [2.45, 2.75) is 56.5 Å². The number of nitrogens with one attached hydrogen (secondary N) is 2. The van der Waals surface area contributed by atoms with Crippen LogP contribution in [0.25, 0.3) is 11.1 Å². The molecule has 0 bridgehead atoms. The molecule has 1 aliphatic carbocycles. The molecule has 0 radical (unpaired) electrons. The normalized spacial score (nSPS) is 19.1. The lowest BCUT2D eigenvalue weighted by molar-refractivity contribution is -0.126. The fourth-order valence-electron chi connectivity index (χ4n) is 4.28. The summed E-state index contributed by atoms with van der Waals surface area (Å²) in [5.74, 6) is -0.127. The van der Waals surface area contributed by atoms with Crippen molar-refractivity contribution in [2.75, 3.05) is 0 Å². The molecule has 2 N–H and O–H groups in total. The number of pyridine rings is 1. The van der Waals surface area contributed by atoms with E-state index in [0.717, 1.165) is 42.5 Å². The average molecular weight is 464 g/mol. The standard InChI is InChI=1S/C27H30FN3OS/c1-18(20-5-11-23(28)12-6-20)30-27(32)22-7-13-24(14-8-22)31-33-25-15-9-21(10-16-25)26-4-3-17-29-19(26)2/h3-6,9-12,15-18,22,24,31H,7-8,13-14H2,1-2H3,(H,30,32)/t18-,22-,24-/m1/s1. The van der Waals surface area contributed by atoms with Gasteiger partial charge in [-0.15, -0.1) is 0 Å². The topological polar surface area (TPSA) is 54.0 Å². The zero-order valence-corrected chi connectivity index (χ0v) is 19.9. The van der Waals surface area contributed by atoms with Gasteiger partial charge in [-0.1, -0.05) is 30.3 Å². The van der Waals surface area contributed by atoms with Gasteiger partial charge in [0.15, 0.2) is 0 Å². The number of nitrogens with zero attached hydrogens (tertiary/aromatic N) is 1. The van der Waals surface area contributed by atoms with E-state index in [1.165, 1.54) is 22.6 Å². The lowest BCUT2D eigenvalue weighted by Gasteiger charge is -2.29. The van der Waals surface area contributed by atoms with E-state index < -0.39 is 0 Å². The Kier molecular flexibility index (Phi) is 7.78. The Hall–Kier alpha value is -2.70. The molecule has 1 aromatic heterocycles. The first-order chi connectivity index (χ1) is 16.0. The van der Waals surface area contributed by atoms with Gasteiger partial charge in [0.1, 0.15) is 5.82 Å². The number of carbonyl (C=O) groups is 1. The highest BCUT2D eigenvalue weighted by Crippen LogP contribution is 2.29. The van der Waals surface area contributed by atoms with Crippen LogP contribution in [0.5, 0.6) is 0 Å². The Bertz CT molecular complexity index is 1060. The molecule has 4 nitrogen and oxygen atoms in total. The first-order valence-corrected chi connectivity index (χ1v) is 12.3. The Morgan fingerprint density at radius 2 is 1.73 bits per heavy atom. The van der Waals surface area contributed by atoms with Gasteiger partial charge in [0.05, 0.1) is 6.04 Å². The first kappa shape index (κ1) is 23.5. The lowest BCUT2D eigenvalue weighted by atomic mass is 9.85. The van der Waals surface area contributed by atoms with Gasteiger partial charge in [0.25, 0.3) is 0 Å². The number of rotatable bonds is 7. The van der Waals surface area contributed by atoms with Crippen molar-refractivity contribution in [3.63, 3.8) is 0 Å². The van der Waals surface area contributed by atoms with E-state index in [1.54, 1.807) is 24.1 Å². The minimum atomic E-state index is -0.263. The van der Waals surface area contributed by atoms with E-state index in [1.807, 2.05) is 26.1 Å². The third kappa shape index (κ3) is 6.21. The molecule has 0 unspecified atom stereocenters. The van der Waals surface area contributed by atoms with Crippen molar-refractivity contribution >= 4 is 17.9 Å². The van der Waals surface area contributed by atoms with Gasteiger partial charge in [0, 0.05) is 34.3 Å². The quantitative estimate of drug-likeness (QED) is 0.408. The van der Waals surface area contributed by atoms with Crippen molar-refractivity contribution < 1.29 is 9.18 Å². The van der Waals surface area contributed by atoms with E-state index in [-0.39, 0.29) is 23.7 Å². The molecule has 172 valence electrons. The second-order valence-corrected chi connectivity index (χ2v) is 9.62. The number of halogens is 1. The third-order valence-electron chi connectivity index (χ3n) is 6.34. The molecule has 0 spiro atoms. The van der Waals surface area contributed by atoms with Crippen molar-refractivity contribution in [3.05, 3.63) is 83.9 Å². The van der Waals surface area contributed by atoms with Crippen LogP contribution in [0.15, 0.2) is 71.8 Å². The number of hydrogen-bond acceptors (Lipinski definition) is 4. The molecule has 1 amide bonds. The van der Waals surface area contributed by atoms with E-state index in [0.29, 0.717) is 6.04 Å². The molecule has 1 atom stereocenters. The van der Waals surface area contributed by atoms with E-state index in [4.69, 9.17) is 0 Å². The van der Waals surface area contributed by atoms with Crippen molar-refractivity contribution in [3.8, 4) is 11.1 Å². The maximum absolute atomic E-state index is 13.1. The second-order valence-electron chi connectivity index (χ2n) is 8.71. The number of hydrogen-bond donors (Lipinski definition) is 2. The van der Waals surface area contributed by atoms with E-state index in [2.05, 4.69) is 45.4 Å². The highest BCUT2D eigenvalue weighted by atomic mass is 32.2. The highest BCUT2D eigenvalue weighted by molar-refractivity contribution is 7.97. The molecule has 0 aliphatic heterocycles. The number of aromatic nitrogens is 1. The van der Waals surface area contributed by atoms with Crippen LogP contribution in [0, 0.1) is 18.7 Å². The van der Waals surface area contributed by atoms with Crippen LogP contribution < -0.4 is 10.0 Å². The fraction of sp³-hybridized carbons (Fsp3) is 0.333. The molecule has 2 aromatic carbocycles. The van der Waals surface area contributed by atoms with E-state index >= 15 is 0 Å². The van der Waals surface area contributed by atoms with Gasteiger partial charge in [-0.25, -0.2) is 4.39 Å². The summed E-state index contributed by atoms with van der Waals surface area (Å²) >= 11 is 1.66. The summed E-state index contributed by atoms with van der Waals surface area (Å²) in [7, 11) is 0. The first-order valence-electron chi connectivity index (χ1n) is 11.5. The molecular weight excluding hydrogens is 433 g/mol. The fourth-order valence-corrected chi connectivity index (χ4v) is 5.09. The molecule has 0 saturated heterocycles. The summed E-state index contributed by atoms with van der Waals surface area (Å²) < 4.78 is 16.7. The number of carbonyl (C=O) groups excluding carboxylic acids is 1. The minimum Gasteiger partial charge on any atom is -0.349 e. The highest BCUT2D eigenvalue weighted by Gasteiger charge is 2.27. The van der Waals surface area contributed by atoms with Gasteiger partial charge in [0.2, 0.25) is 5.91 Å². The smallest absolute Gasteiger partial charge is 0.223 e. The van der Waals surface area contributed by atoms with Crippen LogP contribution in [0.4, 0.5) is 4.39 Å². The van der Waals surface area contributed by atoms with Gasteiger partial charge >= 0.3 is 0 Å². The summed E-state index contributed by atoms with van der Waals surface area (Å²) in [4.78, 5) is 18.2. The lowest BCUT2D eigenvalue weighted by Crippen LogP contribution is -2.37. The maximum Gasteiger partial charge on any atom is 0.223 e. The summed E-state index contributed by atoms with van der Waals surface area (Å²) in [6.07, 6.45) is 5.52. The van der Waals surface area contributed by atoms with Crippen LogP contribution in [0.3, 0.4) is 0 Å².